The van der Waals surface area contributed by atoms with E-state index in [1.807, 2.05) is 0 Å². The first kappa shape index (κ1) is 19.9. The van der Waals surface area contributed by atoms with Crippen molar-refractivity contribution in [3.8, 4) is 28.1 Å². The minimum Gasteiger partial charge on any atom is -0.365 e. The number of dihydropyridines is 1. The lowest BCUT2D eigenvalue weighted by molar-refractivity contribution is 0.669. The number of hydrogen-bond donors (Lipinski definition) is 1. The summed E-state index contributed by atoms with van der Waals surface area (Å²) in [5.74, 6) is 0. The highest BCUT2D eigenvalue weighted by Gasteiger charge is 2.32. The van der Waals surface area contributed by atoms with Gasteiger partial charge < -0.3 is 14.8 Å². The molecule has 1 atom stereocenters. The number of allylic oxidation sites excluding steroid dienone is 3. The molecular weight excluding hydrogens is 426 g/mol. The Balaban J connectivity index is 1.64. The highest BCUT2D eigenvalue weighted by Crippen LogP contribution is 2.52. The van der Waals surface area contributed by atoms with Gasteiger partial charge in [0.15, 0.2) is 0 Å². The third-order valence-corrected chi connectivity index (χ3v) is 7.03. The van der Waals surface area contributed by atoms with Crippen molar-refractivity contribution in [2.45, 2.75) is 13.1 Å². The average Bonchev–Trinajstić information content (AvgIpc) is 3.19. The van der Waals surface area contributed by atoms with Gasteiger partial charge in [0.05, 0.1) is 22.6 Å². The van der Waals surface area contributed by atoms with E-state index in [2.05, 4.69) is 143 Å². The Kier molecular flexibility index (Phi) is 4.43. The fourth-order valence-electron chi connectivity index (χ4n) is 5.61. The molecule has 0 aliphatic carbocycles. The third-order valence-electron chi connectivity index (χ3n) is 7.03. The van der Waals surface area contributed by atoms with Crippen LogP contribution in [-0.4, -0.2) is 10.7 Å². The van der Waals surface area contributed by atoms with Gasteiger partial charge in [0.2, 0.25) is 0 Å². The number of nitrogens with one attached hydrogen (secondary N) is 1. The van der Waals surface area contributed by atoms with Crippen molar-refractivity contribution in [2.75, 3.05) is 4.90 Å². The maximum atomic E-state index is 3.69. The van der Waals surface area contributed by atoms with Crippen molar-refractivity contribution in [1.29, 1.82) is 0 Å². The molecule has 0 saturated carbocycles. The lowest BCUT2D eigenvalue weighted by atomic mass is 9.98. The van der Waals surface area contributed by atoms with E-state index in [0.717, 1.165) is 5.70 Å². The number of para-hydroxylation sites is 4. The molecule has 0 unspecified atom stereocenters. The summed E-state index contributed by atoms with van der Waals surface area (Å²) in [4.78, 5) is 2.45. The summed E-state index contributed by atoms with van der Waals surface area (Å²) in [6.45, 7) is 2.12. The highest BCUT2D eigenvalue weighted by molar-refractivity contribution is 6.11. The van der Waals surface area contributed by atoms with Crippen molar-refractivity contribution >= 4 is 22.3 Å². The predicted molar refractivity (Wildman–Crippen MR) is 146 cm³/mol. The molecule has 0 saturated heterocycles. The fraction of sp³-hybridized carbons (Fsp3) is 0.0625. The normalized spacial score (nSPS) is 16.1. The van der Waals surface area contributed by atoms with Crippen LogP contribution in [0.3, 0.4) is 0 Å². The van der Waals surface area contributed by atoms with Crippen LogP contribution in [0.25, 0.3) is 39.0 Å². The molecule has 0 radical (unpaired) electrons. The van der Waals surface area contributed by atoms with Crippen LogP contribution in [0, 0.1) is 0 Å². The topological polar surface area (TPSA) is 20.2 Å². The average molecular weight is 452 g/mol. The van der Waals surface area contributed by atoms with Crippen molar-refractivity contribution < 1.29 is 0 Å². The second kappa shape index (κ2) is 7.78. The van der Waals surface area contributed by atoms with Gasteiger partial charge in [-0.25, -0.2) is 0 Å². The minimum absolute atomic E-state index is 0.0164. The van der Waals surface area contributed by atoms with E-state index in [4.69, 9.17) is 0 Å². The lowest BCUT2D eigenvalue weighted by Crippen LogP contribution is -2.42. The van der Waals surface area contributed by atoms with Crippen LogP contribution < -0.4 is 10.2 Å². The lowest BCUT2D eigenvalue weighted by Gasteiger charge is -2.35. The smallest absolute Gasteiger partial charge is 0.123 e. The SMILES string of the molecule is CC1=CC=C[C@H](N2c3ccccc3-c3c(n(-c4ccccc4)c4ccccc34)-c3ccccc32)N1. The van der Waals surface area contributed by atoms with Crippen molar-refractivity contribution in [3.63, 3.8) is 0 Å². The summed E-state index contributed by atoms with van der Waals surface area (Å²) in [5, 5.41) is 4.95. The standard InChI is InChI=1S/C32H25N3/c1-22-12-11-21-30(33-22)35-28-19-9-6-16-25(28)31-24-15-5-8-18-27(24)34(23-13-3-2-4-14-23)32(31)26-17-7-10-20-29(26)35/h2-21,30,33H,1H3/t30-/m0/s1. The van der Waals surface area contributed by atoms with Gasteiger partial charge in [-0.2, -0.15) is 0 Å². The molecule has 3 heteroatoms. The highest BCUT2D eigenvalue weighted by atomic mass is 15.3. The first-order valence-electron chi connectivity index (χ1n) is 12.1. The second-order valence-corrected chi connectivity index (χ2v) is 9.14. The summed E-state index contributed by atoms with van der Waals surface area (Å²) in [6.07, 6.45) is 6.53. The number of anilines is 2. The van der Waals surface area contributed by atoms with Gasteiger partial charge in [-0.3, -0.25) is 0 Å². The Labute approximate surface area is 205 Å². The van der Waals surface area contributed by atoms with E-state index < -0.39 is 0 Å². The molecule has 2 aliphatic heterocycles. The summed E-state index contributed by atoms with van der Waals surface area (Å²) in [5.41, 5.74) is 10.9. The number of rotatable bonds is 2. The summed E-state index contributed by atoms with van der Waals surface area (Å²) >= 11 is 0. The number of hydrogen-bond acceptors (Lipinski definition) is 2. The number of fused-ring (bicyclic) bond motifs is 7. The Morgan fingerprint density at radius 2 is 1.34 bits per heavy atom. The molecule has 1 aromatic heterocycles. The second-order valence-electron chi connectivity index (χ2n) is 9.14. The van der Waals surface area contributed by atoms with E-state index in [0.29, 0.717) is 0 Å². The molecule has 3 heterocycles. The van der Waals surface area contributed by atoms with Gasteiger partial charge in [-0.1, -0.05) is 78.9 Å². The van der Waals surface area contributed by atoms with E-state index in [1.54, 1.807) is 0 Å². The first-order valence-corrected chi connectivity index (χ1v) is 12.1. The Bertz CT molecular complexity index is 1640. The number of aromatic nitrogens is 1. The van der Waals surface area contributed by atoms with Gasteiger partial charge in [0, 0.05) is 33.5 Å². The van der Waals surface area contributed by atoms with Crippen LogP contribution in [0.15, 0.2) is 127 Å². The molecule has 35 heavy (non-hydrogen) atoms. The Hall–Kier alpha value is -4.50. The monoisotopic (exact) mass is 451 g/mol. The van der Waals surface area contributed by atoms with Gasteiger partial charge in [-0.15, -0.1) is 0 Å². The molecule has 1 N–H and O–H groups in total. The molecule has 0 bridgehead atoms. The molecule has 0 amide bonds. The van der Waals surface area contributed by atoms with E-state index in [-0.39, 0.29) is 6.17 Å². The van der Waals surface area contributed by atoms with Crippen LogP contribution >= 0.6 is 0 Å². The largest absolute Gasteiger partial charge is 0.365 e. The molecule has 4 aromatic carbocycles. The molecular formula is C32H25N3. The quantitative estimate of drug-likeness (QED) is 0.295. The molecule has 5 aromatic rings. The minimum atomic E-state index is 0.0164. The van der Waals surface area contributed by atoms with Crippen LogP contribution in [0.2, 0.25) is 0 Å². The van der Waals surface area contributed by atoms with E-state index >= 15 is 0 Å². The maximum absolute atomic E-state index is 3.69. The first-order chi connectivity index (χ1) is 17.3. The molecule has 2 aliphatic rings. The summed E-state index contributed by atoms with van der Waals surface area (Å²) in [7, 11) is 0. The molecule has 0 spiro atoms. The Morgan fingerprint density at radius 1 is 0.686 bits per heavy atom. The Morgan fingerprint density at radius 3 is 2.14 bits per heavy atom. The third kappa shape index (κ3) is 2.98. The van der Waals surface area contributed by atoms with Crippen LogP contribution in [0.1, 0.15) is 6.92 Å². The van der Waals surface area contributed by atoms with Crippen LogP contribution in [-0.2, 0) is 0 Å². The van der Waals surface area contributed by atoms with E-state index in [9.17, 15) is 0 Å². The van der Waals surface area contributed by atoms with Crippen LogP contribution in [0.4, 0.5) is 11.4 Å². The van der Waals surface area contributed by atoms with Crippen LogP contribution in [0.5, 0.6) is 0 Å². The zero-order chi connectivity index (χ0) is 23.4. The number of nitrogens with zero attached hydrogens (tertiary/aromatic N) is 2. The van der Waals surface area contributed by atoms with Crippen molar-refractivity contribution in [3.05, 3.63) is 127 Å². The molecule has 3 nitrogen and oxygen atoms in total. The summed E-state index contributed by atoms with van der Waals surface area (Å²) in [6, 6.07) is 37.1. The fourth-order valence-corrected chi connectivity index (χ4v) is 5.61. The van der Waals surface area contributed by atoms with Gasteiger partial charge >= 0.3 is 0 Å². The number of benzene rings is 4. The van der Waals surface area contributed by atoms with Crippen molar-refractivity contribution in [1.82, 2.24) is 9.88 Å². The molecule has 0 fully saturated rings. The van der Waals surface area contributed by atoms with Crippen molar-refractivity contribution in [2.24, 2.45) is 0 Å². The zero-order valence-corrected chi connectivity index (χ0v) is 19.5. The molecule has 7 rings (SSSR count). The predicted octanol–water partition coefficient (Wildman–Crippen LogP) is 7.81. The summed E-state index contributed by atoms with van der Waals surface area (Å²) < 4.78 is 2.43. The maximum Gasteiger partial charge on any atom is 0.123 e. The van der Waals surface area contributed by atoms with Gasteiger partial charge in [-0.05, 0) is 49.4 Å². The van der Waals surface area contributed by atoms with Gasteiger partial charge in [0.1, 0.15) is 6.17 Å². The zero-order valence-electron chi connectivity index (χ0n) is 19.5. The van der Waals surface area contributed by atoms with E-state index in [1.165, 1.54) is 50.3 Å². The van der Waals surface area contributed by atoms with Gasteiger partial charge in [0.25, 0.3) is 0 Å². The molecule has 168 valence electrons.